The Morgan fingerprint density at radius 3 is 2.36 bits per heavy atom. The number of fused-ring (bicyclic) bond motifs is 2. The molecule has 2 heterocycles. The smallest absolute Gasteiger partial charge is 0.296 e. The molecule has 0 bridgehead atoms. The fraction of sp³-hybridized carbons (Fsp3) is 0.320. The summed E-state index contributed by atoms with van der Waals surface area (Å²) >= 11 is 0. The quantitative estimate of drug-likeness (QED) is 0.413. The number of likely N-dealkylation sites (N-methyl/N-ethyl adjacent to an activating group) is 2. The minimum absolute atomic E-state index is 0.144. The summed E-state index contributed by atoms with van der Waals surface area (Å²) < 4.78 is 5.45. The average Bonchev–Trinajstić information content (AvgIpc) is 3.16. The predicted molar refractivity (Wildman–Crippen MR) is 124 cm³/mol. The Bertz CT molecular complexity index is 1150. The van der Waals surface area contributed by atoms with Crippen molar-refractivity contribution in [1.82, 2.24) is 9.80 Å². The zero-order valence-corrected chi connectivity index (χ0v) is 19.2. The van der Waals surface area contributed by atoms with E-state index in [1.54, 1.807) is 55.6 Å². The first-order valence-electron chi connectivity index (χ1n) is 10.8. The lowest BCUT2D eigenvalue weighted by molar-refractivity contribution is -0.143. The Morgan fingerprint density at radius 1 is 1.06 bits per heavy atom. The highest BCUT2D eigenvalue weighted by Crippen LogP contribution is 2.53. The van der Waals surface area contributed by atoms with Crippen molar-refractivity contribution in [2.24, 2.45) is 0 Å². The lowest BCUT2D eigenvalue weighted by Crippen LogP contribution is -2.52. The fourth-order valence-electron chi connectivity index (χ4n) is 4.59. The number of hydrogen-bond donors (Lipinski definition) is 1. The third-order valence-corrected chi connectivity index (χ3v) is 6.15. The van der Waals surface area contributed by atoms with Crippen LogP contribution in [0.3, 0.4) is 0 Å². The largest absolute Gasteiger partial charge is 0.507 e. The number of ketones is 1. The molecule has 0 unspecified atom stereocenters. The van der Waals surface area contributed by atoms with Crippen molar-refractivity contribution in [2.75, 3.05) is 45.7 Å². The number of likely N-dealkylation sites (tertiary alicyclic amines) is 1. The van der Waals surface area contributed by atoms with E-state index in [9.17, 15) is 19.5 Å². The molecule has 1 atom stereocenters. The molecule has 2 aromatic carbocycles. The molecule has 2 aliphatic rings. The van der Waals surface area contributed by atoms with Gasteiger partial charge in [-0.2, -0.15) is 0 Å². The molecule has 1 fully saturated rings. The highest BCUT2D eigenvalue weighted by atomic mass is 16.5. The number of Topliss-reactive ketones (excluding diaryl/α,β-unsaturated/α-hetero) is 1. The molecule has 172 valence electrons. The molecule has 1 saturated heterocycles. The minimum Gasteiger partial charge on any atom is -0.507 e. The molecule has 0 aliphatic carbocycles. The van der Waals surface area contributed by atoms with Gasteiger partial charge in [0.15, 0.2) is 5.54 Å². The number of nitrogens with zero attached hydrogens (tertiary/aromatic N) is 3. The maximum Gasteiger partial charge on any atom is 0.296 e. The maximum atomic E-state index is 13.8. The van der Waals surface area contributed by atoms with Crippen molar-refractivity contribution in [3.63, 3.8) is 0 Å². The normalized spacial score (nSPS) is 21.4. The van der Waals surface area contributed by atoms with Crippen LogP contribution in [0, 0.1) is 0 Å². The standard InChI is InChI=1S/C25H27N3O5/c1-5-33-17-12-10-16(11-13-17)21(29)20-22(30)23(31)28(15-14-26(2)3)25(20)18-8-6-7-9-19(18)27(4)24(25)32/h6-13,29H,5,14-15H2,1-4H3/t25-/m1/s1. The van der Waals surface area contributed by atoms with E-state index in [0.29, 0.717) is 35.7 Å². The summed E-state index contributed by atoms with van der Waals surface area (Å²) in [7, 11) is 5.30. The molecular formula is C25H27N3O5. The molecule has 1 spiro atoms. The number of para-hydroxylation sites is 1. The van der Waals surface area contributed by atoms with Gasteiger partial charge in [0.1, 0.15) is 11.5 Å². The first-order chi connectivity index (χ1) is 15.7. The molecule has 0 saturated carbocycles. The van der Waals surface area contributed by atoms with Gasteiger partial charge in [0.05, 0.1) is 12.2 Å². The van der Waals surface area contributed by atoms with Crippen LogP contribution in [-0.4, -0.2) is 73.3 Å². The zero-order chi connectivity index (χ0) is 23.9. The number of anilines is 1. The van der Waals surface area contributed by atoms with Crippen molar-refractivity contribution in [1.29, 1.82) is 0 Å². The SMILES string of the molecule is CCOc1ccc(C(O)=C2C(=O)C(=O)N(CCN(C)C)[C@@]23C(=O)N(C)c2ccccc23)cc1. The number of carbonyl (C=O) groups is 3. The maximum absolute atomic E-state index is 13.8. The van der Waals surface area contributed by atoms with Gasteiger partial charge in [-0.05, 0) is 51.4 Å². The van der Waals surface area contributed by atoms with E-state index in [0.717, 1.165) is 0 Å². The van der Waals surface area contributed by atoms with E-state index < -0.39 is 23.1 Å². The topological polar surface area (TPSA) is 90.4 Å². The van der Waals surface area contributed by atoms with Gasteiger partial charge in [-0.1, -0.05) is 18.2 Å². The van der Waals surface area contributed by atoms with Crippen LogP contribution in [0.5, 0.6) is 5.75 Å². The van der Waals surface area contributed by atoms with Gasteiger partial charge in [0, 0.05) is 37.0 Å². The average molecular weight is 450 g/mol. The molecule has 33 heavy (non-hydrogen) atoms. The van der Waals surface area contributed by atoms with Gasteiger partial charge in [0.25, 0.3) is 17.6 Å². The van der Waals surface area contributed by atoms with Crippen LogP contribution in [0.4, 0.5) is 5.69 Å². The van der Waals surface area contributed by atoms with Gasteiger partial charge < -0.3 is 24.5 Å². The first-order valence-corrected chi connectivity index (χ1v) is 10.8. The molecule has 0 aromatic heterocycles. The van der Waals surface area contributed by atoms with Gasteiger partial charge in [-0.25, -0.2) is 0 Å². The van der Waals surface area contributed by atoms with Gasteiger partial charge in [-0.3, -0.25) is 14.4 Å². The minimum atomic E-state index is -1.72. The van der Waals surface area contributed by atoms with Crippen molar-refractivity contribution in [2.45, 2.75) is 12.5 Å². The molecule has 4 rings (SSSR count). The van der Waals surface area contributed by atoms with Crippen molar-refractivity contribution in [3.05, 3.63) is 65.2 Å². The van der Waals surface area contributed by atoms with Crippen LogP contribution in [-0.2, 0) is 19.9 Å². The Hall–Kier alpha value is -3.65. The molecule has 0 radical (unpaired) electrons. The molecule has 2 aromatic rings. The summed E-state index contributed by atoms with van der Waals surface area (Å²) in [5, 5.41) is 11.3. The highest BCUT2D eigenvalue weighted by Gasteiger charge is 2.66. The number of carbonyl (C=O) groups excluding carboxylic acids is 3. The number of ether oxygens (including phenoxy) is 1. The fourth-order valence-corrected chi connectivity index (χ4v) is 4.59. The predicted octanol–water partition coefficient (Wildman–Crippen LogP) is 2.20. The van der Waals surface area contributed by atoms with E-state index in [-0.39, 0.29) is 17.9 Å². The van der Waals surface area contributed by atoms with Crippen molar-refractivity contribution >= 4 is 29.0 Å². The number of benzene rings is 2. The summed E-state index contributed by atoms with van der Waals surface area (Å²) in [4.78, 5) is 45.0. The third-order valence-electron chi connectivity index (χ3n) is 6.15. The lowest BCUT2D eigenvalue weighted by Gasteiger charge is -2.34. The molecule has 8 nitrogen and oxygen atoms in total. The molecule has 2 aliphatic heterocycles. The van der Waals surface area contributed by atoms with E-state index in [1.807, 2.05) is 25.9 Å². The number of aliphatic hydroxyl groups excluding tert-OH is 1. The second kappa shape index (κ2) is 8.37. The van der Waals surface area contributed by atoms with Crippen LogP contribution in [0.25, 0.3) is 5.76 Å². The summed E-state index contributed by atoms with van der Waals surface area (Å²) in [6, 6.07) is 13.6. The first kappa shape index (κ1) is 22.5. The number of aliphatic hydroxyl groups is 1. The molecule has 1 N–H and O–H groups in total. The van der Waals surface area contributed by atoms with Gasteiger partial charge in [0.2, 0.25) is 0 Å². The number of hydrogen-bond acceptors (Lipinski definition) is 6. The number of rotatable bonds is 6. The van der Waals surface area contributed by atoms with E-state index >= 15 is 0 Å². The van der Waals surface area contributed by atoms with E-state index in [1.165, 1.54) is 9.80 Å². The lowest BCUT2D eigenvalue weighted by atomic mass is 9.82. The zero-order valence-electron chi connectivity index (χ0n) is 19.2. The Morgan fingerprint density at radius 2 is 1.73 bits per heavy atom. The van der Waals surface area contributed by atoms with Crippen LogP contribution in [0.15, 0.2) is 54.1 Å². The van der Waals surface area contributed by atoms with Crippen molar-refractivity contribution in [3.8, 4) is 5.75 Å². The van der Waals surface area contributed by atoms with E-state index in [4.69, 9.17) is 4.74 Å². The second-order valence-electron chi connectivity index (χ2n) is 8.36. The van der Waals surface area contributed by atoms with E-state index in [2.05, 4.69) is 0 Å². The summed E-state index contributed by atoms with van der Waals surface area (Å²) in [6.45, 7) is 2.94. The van der Waals surface area contributed by atoms with Gasteiger partial charge >= 0.3 is 0 Å². The molecule has 2 amide bonds. The summed E-state index contributed by atoms with van der Waals surface area (Å²) in [5.74, 6) is -1.91. The monoisotopic (exact) mass is 449 g/mol. The Balaban J connectivity index is 1.97. The second-order valence-corrected chi connectivity index (χ2v) is 8.36. The number of amides is 2. The Labute approximate surface area is 192 Å². The van der Waals surface area contributed by atoms with Crippen molar-refractivity contribution < 1.29 is 24.2 Å². The molecular weight excluding hydrogens is 422 g/mol. The van der Waals surface area contributed by atoms with Crippen LogP contribution in [0.1, 0.15) is 18.1 Å². The summed E-state index contributed by atoms with van der Waals surface area (Å²) in [5.41, 5.74) is -0.515. The van der Waals surface area contributed by atoms with Crippen LogP contribution in [0.2, 0.25) is 0 Å². The van der Waals surface area contributed by atoms with Gasteiger partial charge in [-0.15, -0.1) is 0 Å². The Kier molecular flexibility index (Phi) is 5.71. The highest BCUT2D eigenvalue weighted by molar-refractivity contribution is 6.50. The molecule has 8 heteroatoms. The summed E-state index contributed by atoms with van der Waals surface area (Å²) in [6.07, 6.45) is 0. The van der Waals surface area contributed by atoms with Crippen LogP contribution < -0.4 is 9.64 Å². The third kappa shape index (κ3) is 3.29. The van der Waals surface area contributed by atoms with Crippen LogP contribution >= 0.6 is 0 Å².